The van der Waals surface area contributed by atoms with Crippen LogP contribution in [0, 0.1) is 13.8 Å². The minimum Gasteiger partial charge on any atom is -0.354 e. The fourth-order valence-electron chi connectivity index (χ4n) is 2.85. The number of benzene rings is 2. The molecule has 0 amide bonds. The number of hydrogen-bond acceptors (Lipinski definition) is 4. The van der Waals surface area contributed by atoms with Crippen LogP contribution in [0.2, 0.25) is 0 Å². The summed E-state index contributed by atoms with van der Waals surface area (Å²) in [6.07, 6.45) is 3.33. The predicted octanol–water partition coefficient (Wildman–Crippen LogP) is 4.20. The summed E-state index contributed by atoms with van der Waals surface area (Å²) in [7, 11) is 0. The number of nitrogens with one attached hydrogen (secondary N) is 1. The van der Waals surface area contributed by atoms with E-state index in [0.717, 1.165) is 28.0 Å². The van der Waals surface area contributed by atoms with Gasteiger partial charge in [-0.1, -0.05) is 17.7 Å². The Labute approximate surface area is 133 Å². The van der Waals surface area contributed by atoms with Crippen LogP contribution in [-0.4, -0.2) is 15.8 Å². The van der Waals surface area contributed by atoms with Gasteiger partial charge >= 0.3 is 0 Å². The average molecular weight is 301 g/mol. The molecular weight excluding hydrogens is 286 g/mol. The van der Waals surface area contributed by atoms with Gasteiger partial charge in [0, 0.05) is 16.6 Å². The Kier molecular flexibility index (Phi) is 2.98. The number of nitrogens with zero attached hydrogens (tertiary/aromatic N) is 2. The van der Waals surface area contributed by atoms with Crippen LogP contribution in [0.5, 0.6) is 0 Å². The molecule has 0 bridgehead atoms. The van der Waals surface area contributed by atoms with Crippen LogP contribution in [-0.2, 0) is 0 Å². The van der Waals surface area contributed by atoms with Crippen LogP contribution in [0.4, 0.5) is 11.4 Å². The summed E-state index contributed by atoms with van der Waals surface area (Å²) in [6.45, 7) is 3.92. The van der Waals surface area contributed by atoms with Gasteiger partial charge in [-0.05, 0) is 50.3 Å². The van der Waals surface area contributed by atoms with Gasteiger partial charge in [0.1, 0.15) is 5.82 Å². The summed E-state index contributed by atoms with van der Waals surface area (Å²) >= 11 is 0. The van der Waals surface area contributed by atoms with Crippen molar-refractivity contribution < 1.29 is 4.79 Å². The molecule has 23 heavy (non-hydrogen) atoms. The van der Waals surface area contributed by atoms with Crippen molar-refractivity contribution in [3.8, 4) is 0 Å². The molecule has 4 heteroatoms. The van der Waals surface area contributed by atoms with E-state index in [1.807, 2.05) is 31.2 Å². The molecule has 3 aromatic rings. The summed E-state index contributed by atoms with van der Waals surface area (Å²) in [5.41, 5.74) is 5.31. The van der Waals surface area contributed by atoms with Gasteiger partial charge in [0.2, 0.25) is 0 Å². The molecule has 0 unspecified atom stereocenters. The van der Waals surface area contributed by atoms with Crippen LogP contribution < -0.4 is 5.32 Å². The van der Waals surface area contributed by atoms with E-state index in [9.17, 15) is 4.79 Å². The van der Waals surface area contributed by atoms with Gasteiger partial charge in [0.25, 0.3) is 0 Å². The Morgan fingerprint density at radius 2 is 1.70 bits per heavy atom. The molecule has 1 heterocycles. The normalized spacial score (nSPS) is 12.7. The molecule has 0 radical (unpaired) electrons. The van der Waals surface area contributed by atoms with Crippen molar-refractivity contribution in [3.05, 3.63) is 65.1 Å². The summed E-state index contributed by atoms with van der Waals surface area (Å²) in [5.74, 6) is 0.687. The zero-order chi connectivity index (χ0) is 16.0. The minimum absolute atomic E-state index is 0.00293. The average Bonchev–Trinajstić information content (AvgIpc) is 2.54. The maximum Gasteiger partial charge on any atom is 0.186 e. The van der Waals surface area contributed by atoms with Crippen molar-refractivity contribution in [3.63, 3.8) is 0 Å². The number of aryl methyl sites for hydroxylation is 2. The quantitative estimate of drug-likeness (QED) is 0.770. The molecule has 0 saturated carbocycles. The Morgan fingerprint density at radius 3 is 2.48 bits per heavy atom. The fourth-order valence-corrected chi connectivity index (χ4v) is 2.85. The van der Waals surface area contributed by atoms with E-state index < -0.39 is 0 Å². The van der Waals surface area contributed by atoms with Gasteiger partial charge in [-0.3, -0.25) is 4.79 Å². The summed E-state index contributed by atoms with van der Waals surface area (Å²) < 4.78 is 0. The first kappa shape index (κ1) is 13.6. The third-order valence-corrected chi connectivity index (χ3v) is 3.98. The Hall–Kier alpha value is -3.01. The van der Waals surface area contributed by atoms with Crippen LogP contribution in [0.15, 0.2) is 42.5 Å². The third kappa shape index (κ3) is 2.28. The highest BCUT2D eigenvalue weighted by molar-refractivity contribution is 6.20. The lowest BCUT2D eigenvalue weighted by molar-refractivity contribution is 0.104. The second-order valence-corrected chi connectivity index (χ2v) is 5.73. The molecule has 1 aliphatic carbocycles. The lowest BCUT2D eigenvalue weighted by Gasteiger charge is -2.15. The SMILES string of the molecule is Cc1ccc(Nc2ccc3c4c(nc(C)nc24)C=CC3=O)cc1. The van der Waals surface area contributed by atoms with E-state index in [4.69, 9.17) is 0 Å². The molecule has 2 aromatic carbocycles. The highest BCUT2D eigenvalue weighted by atomic mass is 16.1. The number of carbonyl (C=O) groups excluding carboxylic acids is 1. The number of aromatic nitrogens is 2. The summed E-state index contributed by atoms with van der Waals surface area (Å²) in [4.78, 5) is 21.1. The van der Waals surface area contributed by atoms with Gasteiger partial charge in [0.15, 0.2) is 5.78 Å². The number of carbonyl (C=O) groups is 1. The maximum atomic E-state index is 12.1. The molecular formula is C19H15N3O. The largest absolute Gasteiger partial charge is 0.354 e. The summed E-state index contributed by atoms with van der Waals surface area (Å²) in [5, 5.41) is 4.21. The first-order chi connectivity index (χ1) is 11.1. The molecule has 0 saturated heterocycles. The highest BCUT2D eigenvalue weighted by Crippen LogP contribution is 2.32. The Bertz CT molecular complexity index is 972. The molecule has 1 aliphatic rings. The van der Waals surface area contributed by atoms with E-state index in [2.05, 4.69) is 34.3 Å². The van der Waals surface area contributed by atoms with E-state index >= 15 is 0 Å². The number of anilines is 2. The lowest BCUT2D eigenvalue weighted by atomic mass is 9.97. The predicted molar refractivity (Wildman–Crippen MR) is 92.1 cm³/mol. The lowest BCUT2D eigenvalue weighted by Crippen LogP contribution is -2.07. The van der Waals surface area contributed by atoms with Crippen molar-refractivity contribution in [1.29, 1.82) is 0 Å². The number of ketones is 1. The van der Waals surface area contributed by atoms with Crippen molar-refractivity contribution >= 4 is 34.1 Å². The molecule has 112 valence electrons. The smallest absolute Gasteiger partial charge is 0.186 e. The maximum absolute atomic E-state index is 12.1. The number of rotatable bonds is 2. The van der Waals surface area contributed by atoms with Crippen molar-refractivity contribution in [1.82, 2.24) is 9.97 Å². The standard InChI is InChI=1S/C19H15N3O/c1-11-3-5-13(6-4-11)22-16-8-7-14-17(23)10-9-15-18(14)19(16)21-12(2)20-15/h3-10,22H,1-2H3. The molecule has 0 spiro atoms. The monoisotopic (exact) mass is 301 g/mol. The highest BCUT2D eigenvalue weighted by Gasteiger charge is 2.19. The Balaban J connectivity index is 1.92. The van der Waals surface area contributed by atoms with E-state index in [1.54, 1.807) is 12.2 Å². The van der Waals surface area contributed by atoms with Crippen LogP contribution in [0.1, 0.15) is 27.4 Å². The molecule has 4 nitrogen and oxygen atoms in total. The van der Waals surface area contributed by atoms with Gasteiger partial charge in [-0.2, -0.15) is 0 Å². The molecule has 0 atom stereocenters. The molecule has 1 aromatic heterocycles. The third-order valence-electron chi connectivity index (χ3n) is 3.98. The van der Waals surface area contributed by atoms with E-state index in [1.165, 1.54) is 5.56 Å². The van der Waals surface area contributed by atoms with Crippen molar-refractivity contribution in [2.45, 2.75) is 13.8 Å². The number of hydrogen-bond donors (Lipinski definition) is 1. The first-order valence-electron chi connectivity index (χ1n) is 7.49. The molecule has 4 rings (SSSR count). The Morgan fingerprint density at radius 1 is 0.913 bits per heavy atom. The second-order valence-electron chi connectivity index (χ2n) is 5.73. The molecule has 0 aliphatic heterocycles. The van der Waals surface area contributed by atoms with Crippen molar-refractivity contribution in [2.75, 3.05) is 5.32 Å². The van der Waals surface area contributed by atoms with Gasteiger partial charge < -0.3 is 5.32 Å². The minimum atomic E-state index is -0.00293. The topological polar surface area (TPSA) is 54.9 Å². The fraction of sp³-hybridized carbons (Fsp3) is 0.105. The molecule has 0 fully saturated rings. The van der Waals surface area contributed by atoms with Crippen LogP contribution in [0.3, 0.4) is 0 Å². The van der Waals surface area contributed by atoms with Gasteiger partial charge in [-0.25, -0.2) is 9.97 Å². The summed E-state index contributed by atoms with van der Waals surface area (Å²) in [6, 6.07) is 11.9. The molecule has 1 N–H and O–H groups in total. The van der Waals surface area contributed by atoms with E-state index in [0.29, 0.717) is 11.4 Å². The number of allylic oxidation sites excluding steroid dienone is 1. The van der Waals surface area contributed by atoms with Gasteiger partial charge in [0.05, 0.1) is 16.9 Å². The zero-order valence-electron chi connectivity index (χ0n) is 12.9. The van der Waals surface area contributed by atoms with Crippen LogP contribution in [0.25, 0.3) is 17.0 Å². The first-order valence-corrected chi connectivity index (χ1v) is 7.49. The van der Waals surface area contributed by atoms with Crippen LogP contribution >= 0.6 is 0 Å². The zero-order valence-corrected chi connectivity index (χ0v) is 12.9. The van der Waals surface area contributed by atoms with Gasteiger partial charge in [-0.15, -0.1) is 0 Å². The second kappa shape index (κ2) is 5.02. The van der Waals surface area contributed by atoms with E-state index in [-0.39, 0.29) is 5.78 Å². The van der Waals surface area contributed by atoms with Crippen molar-refractivity contribution in [2.24, 2.45) is 0 Å².